The van der Waals surface area contributed by atoms with Crippen molar-refractivity contribution in [3.63, 3.8) is 0 Å². The van der Waals surface area contributed by atoms with Gasteiger partial charge >= 0.3 is 0 Å². The first-order chi connectivity index (χ1) is 11.2. The first-order valence-electron chi connectivity index (χ1n) is 9.44. The molecule has 1 spiro atoms. The summed E-state index contributed by atoms with van der Waals surface area (Å²) < 4.78 is 6.92. The van der Waals surface area contributed by atoms with Crippen LogP contribution in [-0.4, -0.2) is 5.60 Å². The molecule has 1 heterocycles. The van der Waals surface area contributed by atoms with Crippen molar-refractivity contribution < 1.29 is 4.74 Å². The minimum absolute atomic E-state index is 0.00804. The van der Waals surface area contributed by atoms with E-state index < -0.39 is 0 Å². The highest BCUT2D eigenvalue weighted by Gasteiger charge is 2.57. The second kappa shape index (κ2) is 4.77. The third-order valence-corrected chi connectivity index (χ3v) is 6.65. The fourth-order valence-electron chi connectivity index (χ4n) is 5.43. The Bertz CT molecular complexity index is 814. The SMILES string of the molecule is Cc1c(C(C)(C)C)c2c(c3ccccc13)C(C)(C)C1(CCCC1)O2. The lowest BCUT2D eigenvalue weighted by Crippen LogP contribution is -2.45. The van der Waals surface area contributed by atoms with Gasteiger partial charge in [0.05, 0.1) is 0 Å². The van der Waals surface area contributed by atoms with Crippen LogP contribution in [0.25, 0.3) is 10.8 Å². The maximum atomic E-state index is 6.92. The molecule has 0 N–H and O–H groups in total. The molecule has 1 heteroatoms. The Balaban J connectivity index is 2.14. The first-order valence-corrected chi connectivity index (χ1v) is 9.44. The average molecular weight is 322 g/mol. The fourth-order valence-corrected chi connectivity index (χ4v) is 5.43. The molecule has 1 fully saturated rings. The van der Waals surface area contributed by atoms with Crippen molar-refractivity contribution in [1.29, 1.82) is 0 Å². The van der Waals surface area contributed by atoms with Crippen molar-refractivity contribution in [2.75, 3.05) is 0 Å². The minimum Gasteiger partial charge on any atom is -0.486 e. The molecule has 1 nitrogen and oxygen atoms in total. The molecule has 2 aromatic rings. The molecule has 1 aliphatic carbocycles. The molecular weight excluding hydrogens is 292 g/mol. The summed E-state index contributed by atoms with van der Waals surface area (Å²) in [5.74, 6) is 1.20. The molecule has 4 rings (SSSR count). The van der Waals surface area contributed by atoms with E-state index >= 15 is 0 Å². The summed E-state index contributed by atoms with van der Waals surface area (Å²) in [7, 11) is 0. The van der Waals surface area contributed by atoms with E-state index in [4.69, 9.17) is 4.74 Å². The Morgan fingerprint density at radius 3 is 2.12 bits per heavy atom. The van der Waals surface area contributed by atoms with Crippen LogP contribution in [0.2, 0.25) is 0 Å². The quantitative estimate of drug-likeness (QED) is 0.543. The predicted molar refractivity (Wildman–Crippen MR) is 102 cm³/mol. The van der Waals surface area contributed by atoms with E-state index in [0.29, 0.717) is 0 Å². The number of benzene rings is 2. The van der Waals surface area contributed by atoms with Gasteiger partial charge in [0.25, 0.3) is 0 Å². The fraction of sp³-hybridized carbons (Fsp3) is 0.565. The summed E-state index contributed by atoms with van der Waals surface area (Å²) in [5.41, 5.74) is 4.39. The van der Waals surface area contributed by atoms with Crippen molar-refractivity contribution in [1.82, 2.24) is 0 Å². The van der Waals surface area contributed by atoms with Crippen molar-refractivity contribution in [3.05, 3.63) is 41.0 Å². The van der Waals surface area contributed by atoms with Crippen LogP contribution in [0, 0.1) is 6.92 Å². The summed E-state index contributed by atoms with van der Waals surface area (Å²) in [4.78, 5) is 0. The second-order valence-electron chi connectivity index (χ2n) is 9.43. The van der Waals surface area contributed by atoms with Crippen molar-refractivity contribution >= 4 is 10.8 Å². The predicted octanol–water partition coefficient (Wildman–Crippen LogP) is 6.43. The van der Waals surface area contributed by atoms with Crippen LogP contribution in [0.3, 0.4) is 0 Å². The Hall–Kier alpha value is -1.50. The summed E-state index contributed by atoms with van der Waals surface area (Å²) in [6.07, 6.45) is 4.95. The zero-order valence-electron chi connectivity index (χ0n) is 16.0. The van der Waals surface area contributed by atoms with E-state index in [0.717, 1.165) is 0 Å². The molecule has 0 atom stereocenters. The third-order valence-electron chi connectivity index (χ3n) is 6.65. The molecule has 0 aromatic heterocycles. The van der Waals surface area contributed by atoms with Crippen molar-refractivity contribution in [2.24, 2.45) is 0 Å². The lowest BCUT2D eigenvalue weighted by Gasteiger charge is -2.37. The normalized spacial score (nSPS) is 21.2. The monoisotopic (exact) mass is 322 g/mol. The van der Waals surface area contributed by atoms with Crippen molar-refractivity contribution in [2.45, 2.75) is 83.7 Å². The topological polar surface area (TPSA) is 9.23 Å². The molecule has 2 aromatic carbocycles. The maximum Gasteiger partial charge on any atom is 0.128 e. The highest BCUT2D eigenvalue weighted by Crippen LogP contribution is 2.60. The van der Waals surface area contributed by atoms with E-state index in [1.165, 1.54) is 58.9 Å². The van der Waals surface area contributed by atoms with Crippen LogP contribution in [0.1, 0.15) is 77.0 Å². The molecule has 0 amide bonds. The van der Waals surface area contributed by atoms with Crippen LogP contribution in [0.4, 0.5) is 0 Å². The van der Waals surface area contributed by atoms with Crippen LogP contribution < -0.4 is 4.74 Å². The van der Waals surface area contributed by atoms with Gasteiger partial charge in [-0.15, -0.1) is 0 Å². The van der Waals surface area contributed by atoms with Gasteiger partial charge in [-0.1, -0.05) is 58.9 Å². The zero-order valence-corrected chi connectivity index (χ0v) is 16.0. The van der Waals surface area contributed by atoms with E-state index in [2.05, 4.69) is 65.8 Å². The summed E-state index contributed by atoms with van der Waals surface area (Å²) >= 11 is 0. The van der Waals surface area contributed by atoms with Gasteiger partial charge in [0.2, 0.25) is 0 Å². The number of hydrogen-bond acceptors (Lipinski definition) is 1. The highest BCUT2D eigenvalue weighted by atomic mass is 16.5. The largest absolute Gasteiger partial charge is 0.486 e. The number of hydrogen-bond donors (Lipinski definition) is 0. The standard InChI is InChI=1S/C23H30O/c1-15-16-11-7-8-12-17(16)19-20(18(15)21(2,3)4)24-23(22(19,5)6)13-9-10-14-23/h7-8,11-12H,9-10,13-14H2,1-6H3. The number of ether oxygens (including phenoxy) is 1. The lowest BCUT2D eigenvalue weighted by atomic mass is 9.68. The van der Waals surface area contributed by atoms with Crippen LogP contribution >= 0.6 is 0 Å². The number of fused-ring (bicyclic) bond motifs is 3. The van der Waals surface area contributed by atoms with Gasteiger partial charge in [0, 0.05) is 16.5 Å². The van der Waals surface area contributed by atoms with E-state index in [-0.39, 0.29) is 16.4 Å². The molecule has 2 aliphatic rings. The van der Waals surface area contributed by atoms with E-state index in [1.54, 1.807) is 0 Å². The summed E-state index contributed by atoms with van der Waals surface area (Å²) in [5, 5.41) is 2.79. The molecule has 0 unspecified atom stereocenters. The maximum absolute atomic E-state index is 6.92. The van der Waals surface area contributed by atoms with Gasteiger partial charge in [-0.25, -0.2) is 0 Å². The van der Waals surface area contributed by atoms with Crippen LogP contribution in [0.15, 0.2) is 24.3 Å². The van der Waals surface area contributed by atoms with Crippen molar-refractivity contribution in [3.8, 4) is 5.75 Å². The smallest absolute Gasteiger partial charge is 0.128 e. The summed E-state index contributed by atoms with van der Waals surface area (Å²) in [6.45, 7) is 14.1. The van der Waals surface area contributed by atoms with Gasteiger partial charge in [-0.3, -0.25) is 0 Å². The third kappa shape index (κ3) is 1.87. The zero-order chi connectivity index (χ0) is 17.3. The van der Waals surface area contributed by atoms with Gasteiger partial charge in [0.15, 0.2) is 0 Å². The van der Waals surface area contributed by atoms with Gasteiger partial charge in [-0.05, 0) is 54.4 Å². The Morgan fingerprint density at radius 1 is 0.958 bits per heavy atom. The molecule has 1 saturated carbocycles. The molecule has 24 heavy (non-hydrogen) atoms. The Labute approximate surface area is 146 Å². The van der Waals surface area contributed by atoms with E-state index in [1.807, 2.05) is 0 Å². The molecule has 0 radical (unpaired) electrons. The van der Waals surface area contributed by atoms with Gasteiger partial charge in [0.1, 0.15) is 11.4 Å². The second-order valence-corrected chi connectivity index (χ2v) is 9.43. The lowest BCUT2D eigenvalue weighted by molar-refractivity contribution is 0.0379. The Kier molecular flexibility index (Phi) is 3.18. The molecule has 0 saturated heterocycles. The summed E-state index contributed by atoms with van der Waals surface area (Å²) in [6, 6.07) is 8.93. The minimum atomic E-state index is -0.00804. The van der Waals surface area contributed by atoms with Gasteiger partial charge in [-0.2, -0.15) is 0 Å². The molecule has 1 aliphatic heterocycles. The first kappa shape index (κ1) is 16.0. The molecular formula is C23H30O. The highest BCUT2D eigenvalue weighted by molar-refractivity contribution is 5.94. The molecule has 128 valence electrons. The Morgan fingerprint density at radius 2 is 1.54 bits per heavy atom. The van der Waals surface area contributed by atoms with Crippen LogP contribution in [0.5, 0.6) is 5.75 Å². The molecule has 0 bridgehead atoms. The number of rotatable bonds is 0. The van der Waals surface area contributed by atoms with Crippen LogP contribution in [-0.2, 0) is 10.8 Å². The average Bonchev–Trinajstić information content (AvgIpc) is 3.03. The van der Waals surface area contributed by atoms with Gasteiger partial charge < -0.3 is 4.74 Å². The number of aryl methyl sites for hydroxylation is 1. The van der Waals surface area contributed by atoms with E-state index in [9.17, 15) is 0 Å².